The molecular weight excluding hydrogens is 304 g/mol. The molecule has 0 radical (unpaired) electrons. The van der Waals surface area contributed by atoms with E-state index in [1.165, 1.54) is 6.07 Å². The van der Waals surface area contributed by atoms with Gasteiger partial charge in [-0.3, -0.25) is 4.79 Å². The molecule has 0 aromatic heterocycles. The molecule has 0 saturated heterocycles. The zero-order chi connectivity index (χ0) is 16.5. The van der Waals surface area contributed by atoms with Crippen LogP contribution in [-0.4, -0.2) is 39.6 Å². The fraction of sp³-hybridized carbons (Fsp3) is 0.533. The topological polar surface area (TPSA) is 86.7 Å². The number of aliphatic hydroxyl groups excluding tert-OH is 1. The van der Waals surface area contributed by atoms with Crippen molar-refractivity contribution >= 4 is 21.6 Å². The molecule has 7 heteroatoms. The Balaban J connectivity index is 2.41. The van der Waals surface area contributed by atoms with Gasteiger partial charge in [0.1, 0.15) is 0 Å². The second-order valence-electron chi connectivity index (χ2n) is 6.17. The highest BCUT2D eigenvalue weighted by Crippen LogP contribution is 2.40. The van der Waals surface area contributed by atoms with E-state index in [0.717, 1.165) is 11.3 Å². The lowest BCUT2D eigenvalue weighted by Crippen LogP contribution is -2.39. The van der Waals surface area contributed by atoms with E-state index in [1.807, 2.05) is 13.8 Å². The standard InChI is InChI=1S/C15H22N2O4S/c1-15(2)10-14(19)17(3)13-6-5-11(9-12(13)15)22(20,21)16-7-4-8-18/h5-6,9,16,18H,4,7-8,10H2,1-3H3. The first kappa shape index (κ1) is 16.9. The summed E-state index contributed by atoms with van der Waals surface area (Å²) in [5.41, 5.74) is 1.19. The van der Waals surface area contributed by atoms with E-state index < -0.39 is 15.4 Å². The Morgan fingerprint density at radius 3 is 2.68 bits per heavy atom. The van der Waals surface area contributed by atoms with Gasteiger partial charge in [-0.15, -0.1) is 0 Å². The van der Waals surface area contributed by atoms with Crippen LogP contribution in [0.15, 0.2) is 23.1 Å². The lowest BCUT2D eigenvalue weighted by molar-refractivity contribution is -0.119. The normalized spacial score (nSPS) is 17.5. The van der Waals surface area contributed by atoms with E-state index in [4.69, 9.17) is 5.11 Å². The average Bonchev–Trinajstić information content (AvgIpc) is 2.44. The quantitative estimate of drug-likeness (QED) is 0.790. The van der Waals surface area contributed by atoms with Crippen LogP contribution in [0.3, 0.4) is 0 Å². The van der Waals surface area contributed by atoms with Gasteiger partial charge >= 0.3 is 0 Å². The number of amides is 1. The molecule has 2 rings (SSSR count). The third-order valence-electron chi connectivity index (χ3n) is 3.96. The van der Waals surface area contributed by atoms with Crippen LogP contribution in [-0.2, 0) is 20.2 Å². The monoisotopic (exact) mass is 326 g/mol. The molecule has 0 atom stereocenters. The van der Waals surface area contributed by atoms with Gasteiger partial charge in [-0.2, -0.15) is 0 Å². The summed E-state index contributed by atoms with van der Waals surface area (Å²) in [6, 6.07) is 4.82. The third kappa shape index (κ3) is 3.16. The highest BCUT2D eigenvalue weighted by molar-refractivity contribution is 7.89. The molecule has 0 aliphatic carbocycles. The molecular formula is C15H22N2O4S. The molecule has 1 heterocycles. The maximum Gasteiger partial charge on any atom is 0.240 e. The number of nitrogens with one attached hydrogen (secondary N) is 1. The summed E-state index contributed by atoms with van der Waals surface area (Å²) in [6.45, 7) is 4.00. The Labute approximate surface area is 131 Å². The third-order valence-corrected chi connectivity index (χ3v) is 5.42. The Morgan fingerprint density at radius 1 is 1.36 bits per heavy atom. The SMILES string of the molecule is CN1C(=O)CC(C)(C)c2cc(S(=O)(=O)NCCCO)ccc21. The molecule has 1 amide bonds. The van der Waals surface area contributed by atoms with Crippen LogP contribution < -0.4 is 9.62 Å². The van der Waals surface area contributed by atoms with Crippen LogP contribution in [0, 0.1) is 0 Å². The molecule has 1 aromatic rings. The predicted molar refractivity (Wildman–Crippen MR) is 84.4 cm³/mol. The van der Waals surface area contributed by atoms with Gasteiger partial charge in [0.05, 0.1) is 4.90 Å². The summed E-state index contributed by atoms with van der Waals surface area (Å²) < 4.78 is 27.0. The first-order valence-electron chi connectivity index (χ1n) is 7.21. The van der Waals surface area contributed by atoms with Gasteiger partial charge in [-0.1, -0.05) is 13.8 Å². The number of benzene rings is 1. The van der Waals surface area contributed by atoms with Gasteiger partial charge in [0.15, 0.2) is 0 Å². The summed E-state index contributed by atoms with van der Waals surface area (Å²) in [5.74, 6) is 0.0224. The molecule has 2 N–H and O–H groups in total. The maximum atomic E-state index is 12.3. The first-order valence-corrected chi connectivity index (χ1v) is 8.69. The van der Waals surface area contributed by atoms with Gasteiger partial charge in [0.25, 0.3) is 0 Å². The van der Waals surface area contributed by atoms with Crippen LogP contribution >= 0.6 is 0 Å². The Hall–Kier alpha value is -1.44. The van der Waals surface area contributed by atoms with Crippen molar-refractivity contribution in [3.05, 3.63) is 23.8 Å². The van der Waals surface area contributed by atoms with Gasteiger partial charge in [0, 0.05) is 37.7 Å². The summed E-state index contributed by atoms with van der Waals surface area (Å²) in [7, 11) is -1.91. The Morgan fingerprint density at radius 2 is 2.05 bits per heavy atom. The van der Waals surface area contributed by atoms with Crippen molar-refractivity contribution in [1.82, 2.24) is 4.72 Å². The van der Waals surface area contributed by atoms with E-state index in [9.17, 15) is 13.2 Å². The zero-order valence-corrected chi connectivity index (χ0v) is 13.9. The molecule has 1 aliphatic heterocycles. The summed E-state index contributed by atoms with van der Waals surface area (Å²) in [6.07, 6.45) is 0.713. The first-order chi connectivity index (χ1) is 10.2. The molecule has 122 valence electrons. The van der Waals surface area contributed by atoms with Crippen LogP contribution in [0.25, 0.3) is 0 Å². The number of fused-ring (bicyclic) bond motifs is 1. The molecule has 1 aromatic carbocycles. The number of nitrogens with zero attached hydrogens (tertiary/aromatic N) is 1. The molecule has 0 spiro atoms. The summed E-state index contributed by atoms with van der Waals surface area (Å²) in [5, 5.41) is 8.74. The minimum atomic E-state index is -3.61. The van der Waals surface area contributed by atoms with Crippen LogP contribution in [0.2, 0.25) is 0 Å². The lowest BCUT2D eigenvalue weighted by atomic mass is 9.77. The molecule has 0 unspecified atom stereocenters. The molecule has 6 nitrogen and oxygen atoms in total. The van der Waals surface area contributed by atoms with Crippen molar-refractivity contribution in [2.24, 2.45) is 0 Å². The molecule has 1 aliphatic rings. The second kappa shape index (κ2) is 5.98. The molecule has 0 bridgehead atoms. The fourth-order valence-electron chi connectivity index (χ4n) is 2.61. The number of rotatable bonds is 5. The lowest BCUT2D eigenvalue weighted by Gasteiger charge is -2.37. The van der Waals surface area contributed by atoms with E-state index in [-0.39, 0.29) is 24.0 Å². The van der Waals surface area contributed by atoms with E-state index in [1.54, 1.807) is 24.1 Å². The van der Waals surface area contributed by atoms with Crippen molar-refractivity contribution in [1.29, 1.82) is 0 Å². The Kier molecular flexibility index (Phi) is 4.60. The minimum Gasteiger partial charge on any atom is -0.396 e. The van der Waals surface area contributed by atoms with Gasteiger partial charge in [0.2, 0.25) is 15.9 Å². The van der Waals surface area contributed by atoms with Crippen molar-refractivity contribution in [2.45, 2.75) is 37.0 Å². The fourth-order valence-corrected chi connectivity index (χ4v) is 3.71. The molecule has 0 fully saturated rings. The summed E-state index contributed by atoms with van der Waals surface area (Å²) in [4.78, 5) is 13.7. The van der Waals surface area contributed by atoms with Gasteiger partial charge in [-0.25, -0.2) is 13.1 Å². The number of hydrogen-bond acceptors (Lipinski definition) is 4. The van der Waals surface area contributed by atoms with Crippen LogP contribution in [0.5, 0.6) is 0 Å². The van der Waals surface area contributed by atoms with Crippen molar-refractivity contribution in [3.8, 4) is 0 Å². The van der Waals surface area contributed by atoms with Crippen LogP contribution in [0.4, 0.5) is 5.69 Å². The smallest absolute Gasteiger partial charge is 0.240 e. The van der Waals surface area contributed by atoms with Gasteiger partial charge < -0.3 is 10.0 Å². The summed E-state index contributed by atoms with van der Waals surface area (Å²) >= 11 is 0. The predicted octanol–water partition coefficient (Wildman–Crippen LogP) is 0.991. The Bertz CT molecular complexity index is 683. The average molecular weight is 326 g/mol. The van der Waals surface area contributed by atoms with E-state index >= 15 is 0 Å². The molecule has 22 heavy (non-hydrogen) atoms. The van der Waals surface area contributed by atoms with Crippen molar-refractivity contribution in [3.63, 3.8) is 0 Å². The van der Waals surface area contributed by atoms with Crippen LogP contribution in [0.1, 0.15) is 32.3 Å². The molecule has 0 saturated carbocycles. The van der Waals surface area contributed by atoms with E-state index in [2.05, 4.69) is 4.72 Å². The maximum absolute atomic E-state index is 12.3. The number of hydrogen-bond donors (Lipinski definition) is 2. The van der Waals surface area contributed by atoms with E-state index in [0.29, 0.717) is 12.8 Å². The zero-order valence-electron chi connectivity index (χ0n) is 13.1. The van der Waals surface area contributed by atoms with Gasteiger partial charge in [-0.05, 0) is 30.2 Å². The number of anilines is 1. The highest BCUT2D eigenvalue weighted by atomic mass is 32.2. The van der Waals surface area contributed by atoms with Crippen molar-refractivity contribution in [2.75, 3.05) is 25.1 Å². The minimum absolute atomic E-state index is 0.0224. The highest BCUT2D eigenvalue weighted by Gasteiger charge is 2.35. The largest absolute Gasteiger partial charge is 0.396 e. The number of aliphatic hydroxyl groups is 1. The second-order valence-corrected chi connectivity index (χ2v) is 7.93. The number of carbonyl (C=O) groups is 1. The number of carbonyl (C=O) groups excluding carboxylic acids is 1. The number of sulfonamides is 1. The van der Waals surface area contributed by atoms with Crippen molar-refractivity contribution < 1.29 is 18.3 Å².